The second-order valence-electron chi connectivity index (χ2n) is 6.69. The molecule has 1 aliphatic rings. The van der Waals surface area contributed by atoms with Gasteiger partial charge in [-0.2, -0.15) is 0 Å². The first-order valence-electron chi connectivity index (χ1n) is 9.15. The zero-order valence-electron chi connectivity index (χ0n) is 15.6. The number of piperidine rings is 1. The van der Waals surface area contributed by atoms with Gasteiger partial charge >= 0.3 is 0 Å². The number of methoxy groups -OCH3 is 2. The maximum absolute atomic E-state index is 12.6. The largest absolute Gasteiger partial charge is 0.497 e. The van der Waals surface area contributed by atoms with E-state index in [0.29, 0.717) is 6.42 Å². The van der Waals surface area contributed by atoms with Crippen LogP contribution in [0.4, 0.5) is 0 Å². The van der Waals surface area contributed by atoms with E-state index in [0.717, 1.165) is 59.3 Å². The fraction of sp³-hybridized carbons (Fsp3) is 0.400. The average Bonchev–Trinajstić information content (AvgIpc) is 3.30. The lowest BCUT2D eigenvalue weighted by molar-refractivity contribution is -0.131. The van der Waals surface area contributed by atoms with E-state index in [9.17, 15) is 4.79 Å². The summed E-state index contributed by atoms with van der Waals surface area (Å²) in [4.78, 5) is 20.2. The van der Waals surface area contributed by atoms with Gasteiger partial charge in [0.2, 0.25) is 5.91 Å². The van der Waals surface area contributed by atoms with Crippen molar-refractivity contribution in [2.45, 2.75) is 25.7 Å². The van der Waals surface area contributed by atoms with E-state index in [2.05, 4.69) is 0 Å². The number of fused-ring (bicyclic) bond motifs is 1. The van der Waals surface area contributed by atoms with Crippen LogP contribution < -0.4 is 9.47 Å². The van der Waals surface area contributed by atoms with Crippen LogP contribution >= 0.6 is 11.3 Å². The van der Waals surface area contributed by atoms with Crippen molar-refractivity contribution < 1.29 is 14.3 Å². The molecule has 1 fully saturated rings. The molecule has 0 unspecified atom stereocenters. The molecule has 27 heavy (non-hydrogen) atoms. The predicted molar refractivity (Wildman–Crippen MR) is 106 cm³/mol. The molecule has 0 saturated carbocycles. The summed E-state index contributed by atoms with van der Waals surface area (Å²) in [6.45, 7) is 1.75. The van der Waals surface area contributed by atoms with Crippen molar-refractivity contribution in [3.63, 3.8) is 0 Å². The molecule has 7 heteroatoms. The van der Waals surface area contributed by atoms with Crippen LogP contribution in [0.5, 0.6) is 11.5 Å². The lowest BCUT2D eigenvalue weighted by atomic mass is 10.1. The first-order valence-corrected chi connectivity index (χ1v) is 10.0. The van der Waals surface area contributed by atoms with Crippen LogP contribution in [0.15, 0.2) is 29.8 Å². The van der Waals surface area contributed by atoms with Gasteiger partial charge in [0.1, 0.15) is 11.5 Å². The summed E-state index contributed by atoms with van der Waals surface area (Å²) in [6.07, 6.45) is 5.82. The van der Waals surface area contributed by atoms with Crippen molar-refractivity contribution in [3.05, 3.63) is 35.5 Å². The SMILES string of the molecule is COc1ccc(OC)c(-c2cn3c(CC(=O)N4CCCCC4)csc3n2)c1. The maximum atomic E-state index is 12.6. The zero-order chi connectivity index (χ0) is 18.8. The highest BCUT2D eigenvalue weighted by molar-refractivity contribution is 7.15. The first-order chi connectivity index (χ1) is 13.2. The van der Waals surface area contributed by atoms with Crippen molar-refractivity contribution in [3.8, 4) is 22.8 Å². The molecule has 0 bridgehead atoms. The van der Waals surface area contributed by atoms with E-state index in [-0.39, 0.29) is 5.91 Å². The van der Waals surface area contributed by atoms with Gasteiger partial charge < -0.3 is 14.4 Å². The van der Waals surface area contributed by atoms with Gasteiger partial charge in [-0.05, 0) is 37.5 Å². The van der Waals surface area contributed by atoms with E-state index in [4.69, 9.17) is 14.5 Å². The quantitative estimate of drug-likeness (QED) is 0.673. The van der Waals surface area contributed by atoms with E-state index in [1.165, 1.54) is 6.42 Å². The number of rotatable bonds is 5. The summed E-state index contributed by atoms with van der Waals surface area (Å²) in [6, 6.07) is 5.66. The minimum Gasteiger partial charge on any atom is -0.497 e. The second kappa shape index (κ2) is 7.60. The average molecular weight is 385 g/mol. The van der Waals surface area contributed by atoms with Gasteiger partial charge in [0.25, 0.3) is 0 Å². The van der Waals surface area contributed by atoms with Crippen molar-refractivity contribution in [2.24, 2.45) is 0 Å². The summed E-state index contributed by atoms with van der Waals surface area (Å²) >= 11 is 1.55. The number of benzene rings is 1. The molecule has 1 amide bonds. The topological polar surface area (TPSA) is 56.1 Å². The third kappa shape index (κ3) is 3.51. The highest BCUT2D eigenvalue weighted by Gasteiger charge is 2.20. The number of imidazole rings is 1. The molecule has 1 aliphatic heterocycles. The Morgan fingerprint density at radius 2 is 2.00 bits per heavy atom. The molecule has 4 rings (SSSR count). The summed E-state index contributed by atoms with van der Waals surface area (Å²) in [7, 11) is 3.29. The number of carbonyl (C=O) groups excluding carboxylic acids is 1. The Kier molecular flexibility index (Phi) is 5.03. The van der Waals surface area contributed by atoms with E-state index in [1.807, 2.05) is 39.1 Å². The number of thiazole rings is 1. The fourth-order valence-corrected chi connectivity index (χ4v) is 4.38. The van der Waals surface area contributed by atoms with Crippen LogP contribution in [0.3, 0.4) is 0 Å². The Balaban J connectivity index is 1.63. The van der Waals surface area contributed by atoms with E-state index in [1.54, 1.807) is 25.6 Å². The Hall–Kier alpha value is -2.54. The van der Waals surface area contributed by atoms with Crippen molar-refractivity contribution >= 4 is 22.2 Å². The monoisotopic (exact) mass is 385 g/mol. The highest BCUT2D eigenvalue weighted by atomic mass is 32.1. The molecular weight excluding hydrogens is 362 g/mol. The molecule has 0 radical (unpaired) electrons. The smallest absolute Gasteiger partial charge is 0.228 e. The van der Waals surface area contributed by atoms with Crippen LogP contribution in [0, 0.1) is 0 Å². The summed E-state index contributed by atoms with van der Waals surface area (Å²) in [5.74, 6) is 1.69. The van der Waals surface area contributed by atoms with Crippen molar-refractivity contribution in [1.82, 2.24) is 14.3 Å². The number of amides is 1. The molecule has 1 aromatic carbocycles. The van der Waals surface area contributed by atoms with Crippen molar-refractivity contribution in [1.29, 1.82) is 0 Å². The summed E-state index contributed by atoms with van der Waals surface area (Å²) in [5.41, 5.74) is 2.66. The lowest BCUT2D eigenvalue weighted by Gasteiger charge is -2.26. The zero-order valence-corrected chi connectivity index (χ0v) is 16.4. The van der Waals surface area contributed by atoms with Crippen LogP contribution in [0.2, 0.25) is 0 Å². The number of ether oxygens (including phenoxy) is 2. The molecule has 0 spiro atoms. The van der Waals surface area contributed by atoms with E-state index >= 15 is 0 Å². The third-order valence-corrected chi connectivity index (χ3v) is 5.90. The van der Waals surface area contributed by atoms with Gasteiger partial charge in [-0.1, -0.05) is 0 Å². The Morgan fingerprint density at radius 3 is 2.74 bits per heavy atom. The Morgan fingerprint density at radius 1 is 1.19 bits per heavy atom. The standard InChI is InChI=1S/C20H23N3O3S/c1-25-15-6-7-18(26-2)16(11-15)17-12-23-14(13-27-20(23)21-17)10-19(24)22-8-4-3-5-9-22/h6-7,11-13H,3-5,8-10H2,1-2H3. The maximum Gasteiger partial charge on any atom is 0.228 e. The summed E-state index contributed by atoms with van der Waals surface area (Å²) < 4.78 is 12.8. The molecule has 142 valence electrons. The Bertz CT molecular complexity index is 957. The number of aromatic nitrogens is 2. The second-order valence-corrected chi connectivity index (χ2v) is 7.53. The molecule has 3 heterocycles. The van der Waals surface area contributed by atoms with Gasteiger partial charge in [-0.15, -0.1) is 11.3 Å². The predicted octanol–water partition coefficient (Wildman–Crippen LogP) is 3.64. The first kappa shape index (κ1) is 17.9. The molecule has 2 aromatic heterocycles. The minimum atomic E-state index is 0.198. The number of hydrogen-bond acceptors (Lipinski definition) is 5. The van der Waals surface area contributed by atoms with Gasteiger partial charge in [0.15, 0.2) is 4.96 Å². The van der Waals surface area contributed by atoms with E-state index < -0.39 is 0 Å². The van der Waals surface area contributed by atoms with Crippen LogP contribution in [-0.4, -0.2) is 47.5 Å². The van der Waals surface area contributed by atoms with Crippen LogP contribution in [0.25, 0.3) is 16.2 Å². The molecular formula is C20H23N3O3S. The molecule has 0 atom stereocenters. The fourth-order valence-electron chi connectivity index (χ4n) is 3.51. The van der Waals surface area contributed by atoms with Gasteiger partial charge in [0.05, 0.1) is 26.3 Å². The number of nitrogens with zero attached hydrogens (tertiary/aromatic N) is 3. The van der Waals surface area contributed by atoms with Crippen molar-refractivity contribution in [2.75, 3.05) is 27.3 Å². The van der Waals surface area contributed by atoms with Gasteiger partial charge in [-0.25, -0.2) is 4.98 Å². The lowest BCUT2D eigenvalue weighted by Crippen LogP contribution is -2.36. The van der Waals surface area contributed by atoms with Crippen LogP contribution in [-0.2, 0) is 11.2 Å². The van der Waals surface area contributed by atoms with Gasteiger partial charge in [0, 0.05) is 35.9 Å². The summed E-state index contributed by atoms with van der Waals surface area (Å²) in [5, 5.41) is 2.02. The molecule has 6 nitrogen and oxygen atoms in total. The van der Waals surface area contributed by atoms with Gasteiger partial charge in [-0.3, -0.25) is 9.20 Å². The molecule has 0 N–H and O–H groups in total. The minimum absolute atomic E-state index is 0.198. The third-order valence-electron chi connectivity index (χ3n) is 5.01. The Labute approximate surface area is 162 Å². The number of hydrogen-bond donors (Lipinski definition) is 0. The highest BCUT2D eigenvalue weighted by Crippen LogP contribution is 2.34. The molecule has 1 saturated heterocycles. The molecule has 3 aromatic rings. The van der Waals surface area contributed by atoms with Crippen LogP contribution in [0.1, 0.15) is 25.0 Å². The molecule has 0 aliphatic carbocycles. The number of likely N-dealkylation sites (tertiary alicyclic amines) is 1. The number of carbonyl (C=O) groups is 1. The normalized spacial score (nSPS) is 14.5.